The molecule has 0 saturated carbocycles. The first kappa shape index (κ1) is 34.0. The first-order valence-electron chi connectivity index (χ1n) is 13.4. The number of amides is 4. The monoisotopic (exact) mass is 590 g/mol. The Balaban J connectivity index is 2.10. The van der Waals surface area contributed by atoms with Gasteiger partial charge in [0.2, 0.25) is 17.6 Å². The largest absolute Gasteiger partial charge is 0.417 e. The summed E-state index contributed by atoms with van der Waals surface area (Å²) in [5.41, 5.74) is -1.99. The molecule has 42 heavy (non-hydrogen) atoms. The standard InChI is InChI=1S/C30H37F3N4O5/c1-17(2)22(23(38)27(41)34-16-19-12-8-7-9-13-19)36-25(39)18(3)35-28(42)24(29(4,5)6)37-26(40)20-14-10-11-15-21(20)30(31,32)33/h7-15,17-18,22,24H,16H2,1-6H3,(H,34,41)(H,35,42)(H,36,39)(H,37,40)/t18-,22-,24+/m0/s1. The fourth-order valence-electron chi connectivity index (χ4n) is 3.99. The smallest absolute Gasteiger partial charge is 0.345 e. The molecule has 2 aromatic rings. The van der Waals surface area contributed by atoms with Crippen molar-refractivity contribution in [2.45, 2.75) is 72.4 Å². The van der Waals surface area contributed by atoms with E-state index in [1.807, 2.05) is 6.07 Å². The highest BCUT2D eigenvalue weighted by Gasteiger charge is 2.39. The van der Waals surface area contributed by atoms with Crippen LogP contribution in [0.1, 0.15) is 63.0 Å². The van der Waals surface area contributed by atoms with Crippen LogP contribution in [0.5, 0.6) is 0 Å². The highest BCUT2D eigenvalue weighted by Crippen LogP contribution is 2.32. The fourth-order valence-corrected chi connectivity index (χ4v) is 3.99. The zero-order valence-corrected chi connectivity index (χ0v) is 24.4. The van der Waals surface area contributed by atoms with Gasteiger partial charge in [-0.1, -0.05) is 77.1 Å². The third kappa shape index (κ3) is 9.42. The van der Waals surface area contributed by atoms with Gasteiger partial charge in [-0.25, -0.2) is 0 Å². The maximum Gasteiger partial charge on any atom is 0.417 e. The molecule has 0 radical (unpaired) electrons. The van der Waals surface area contributed by atoms with Crippen LogP contribution in [-0.2, 0) is 31.9 Å². The summed E-state index contributed by atoms with van der Waals surface area (Å²) in [6, 6.07) is 9.39. The van der Waals surface area contributed by atoms with Crippen molar-refractivity contribution in [3.05, 3.63) is 71.3 Å². The SMILES string of the molecule is CC(C)[C@H](NC(=O)[C@H](C)NC(=O)[C@@H](NC(=O)c1ccccc1C(F)(F)F)C(C)(C)C)C(=O)C(=O)NCc1ccccc1. The van der Waals surface area contributed by atoms with Crippen LogP contribution in [0.25, 0.3) is 0 Å². The number of ketones is 1. The van der Waals surface area contributed by atoms with Gasteiger partial charge >= 0.3 is 6.18 Å². The lowest BCUT2D eigenvalue weighted by atomic mass is 9.85. The van der Waals surface area contributed by atoms with Gasteiger partial charge in [0.15, 0.2) is 0 Å². The lowest BCUT2D eigenvalue weighted by molar-refractivity contribution is -0.141. The molecule has 0 unspecified atom stereocenters. The van der Waals surface area contributed by atoms with Crippen LogP contribution >= 0.6 is 0 Å². The van der Waals surface area contributed by atoms with E-state index in [1.54, 1.807) is 58.9 Å². The van der Waals surface area contributed by atoms with Crippen molar-refractivity contribution < 1.29 is 37.1 Å². The molecular formula is C30H37F3N4O5. The Bertz CT molecular complexity index is 1290. The number of carbonyl (C=O) groups excluding carboxylic acids is 5. The van der Waals surface area contributed by atoms with Gasteiger partial charge in [0.05, 0.1) is 17.2 Å². The third-order valence-electron chi connectivity index (χ3n) is 6.40. The minimum absolute atomic E-state index is 0.115. The second kappa shape index (κ2) is 14.1. The Morgan fingerprint density at radius 3 is 1.88 bits per heavy atom. The minimum atomic E-state index is -4.79. The number of nitrogens with one attached hydrogen (secondary N) is 4. The third-order valence-corrected chi connectivity index (χ3v) is 6.40. The molecule has 0 fully saturated rings. The van der Waals surface area contributed by atoms with Crippen LogP contribution in [0.4, 0.5) is 13.2 Å². The summed E-state index contributed by atoms with van der Waals surface area (Å²) in [5, 5.41) is 9.82. The minimum Gasteiger partial charge on any atom is -0.345 e. The summed E-state index contributed by atoms with van der Waals surface area (Å²) >= 11 is 0. The Labute approximate surface area is 243 Å². The molecule has 2 aromatic carbocycles. The molecule has 0 aliphatic rings. The number of alkyl halides is 3. The fraction of sp³-hybridized carbons (Fsp3) is 0.433. The van der Waals surface area contributed by atoms with Gasteiger partial charge in [-0.15, -0.1) is 0 Å². The maximum absolute atomic E-state index is 13.4. The predicted molar refractivity (Wildman–Crippen MR) is 150 cm³/mol. The van der Waals surface area contributed by atoms with E-state index in [0.717, 1.165) is 23.8 Å². The van der Waals surface area contributed by atoms with E-state index in [-0.39, 0.29) is 6.54 Å². The molecule has 12 heteroatoms. The first-order valence-corrected chi connectivity index (χ1v) is 13.4. The van der Waals surface area contributed by atoms with Crippen molar-refractivity contribution in [2.75, 3.05) is 0 Å². The van der Waals surface area contributed by atoms with Crippen molar-refractivity contribution >= 4 is 29.4 Å². The average molecular weight is 591 g/mol. The van der Waals surface area contributed by atoms with Crippen molar-refractivity contribution in [1.29, 1.82) is 0 Å². The molecule has 0 aliphatic carbocycles. The summed E-state index contributed by atoms with van der Waals surface area (Å²) in [6.07, 6.45) is -4.79. The summed E-state index contributed by atoms with van der Waals surface area (Å²) in [7, 11) is 0. The topological polar surface area (TPSA) is 133 Å². The first-order chi connectivity index (χ1) is 19.4. The molecule has 228 valence electrons. The summed E-state index contributed by atoms with van der Waals surface area (Å²) in [5.74, 6) is -4.92. The zero-order valence-electron chi connectivity index (χ0n) is 24.4. The lowest BCUT2D eigenvalue weighted by Crippen LogP contribution is -2.59. The van der Waals surface area contributed by atoms with Crippen LogP contribution < -0.4 is 21.3 Å². The van der Waals surface area contributed by atoms with Gasteiger partial charge in [-0.2, -0.15) is 13.2 Å². The van der Waals surface area contributed by atoms with E-state index in [4.69, 9.17) is 0 Å². The molecule has 3 atom stereocenters. The molecule has 0 heterocycles. The number of benzene rings is 2. The van der Waals surface area contributed by atoms with E-state index in [9.17, 15) is 37.1 Å². The molecule has 0 saturated heterocycles. The van der Waals surface area contributed by atoms with Crippen LogP contribution in [-0.4, -0.2) is 47.5 Å². The Hall–Kier alpha value is -4.22. The number of hydrogen-bond acceptors (Lipinski definition) is 5. The van der Waals surface area contributed by atoms with Gasteiger partial charge in [-0.05, 0) is 36.0 Å². The molecule has 9 nitrogen and oxygen atoms in total. The maximum atomic E-state index is 13.4. The molecule has 2 rings (SSSR count). The van der Waals surface area contributed by atoms with E-state index >= 15 is 0 Å². The van der Waals surface area contributed by atoms with Crippen LogP contribution in [0, 0.1) is 11.3 Å². The Kier molecular flexibility index (Phi) is 11.4. The highest BCUT2D eigenvalue weighted by molar-refractivity contribution is 6.38. The molecule has 4 N–H and O–H groups in total. The lowest BCUT2D eigenvalue weighted by Gasteiger charge is -2.32. The second-order valence-electron chi connectivity index (χ2n) is 11.3. The number of halogens is 3. The van der Waals surface area contributed by atoms with E-state index in [1.165, 1.54) is 13.0 Å². The van der Waals surface area contributed by atoms with Gasteiger partial charge in [0.1, 0.15) is 12.1 Å². The highest BCUT2D eigenvalue weighted by atomic mass is 19.4. The van der Waals surface area contributed by atoms with Crippen LogP contribution in [0.15, 0.2) is 54.6 Å². The number of rotatable bonds is 11. The summed E-state index contributed by atoms with van der Waals surface area (Å²) in [4.78, 5) is 64.3. The van der Waals surface area contributed by atoms with Crippen molar-refractivity contribution in [1.82, 2.24) is 21.3 Å². The molecular weight excluding hydrogens is 553 g/mol. The second-order valence-corrected chi connectivity index (χ2v) is 11.3. The Morgan fingerprint density at radius 1 is 0.762 bits per heavy atom. The van der Waals surface area contributed by atoms with Gasteiger partial charge < -0.3 is 21.3 Å². The van der Waals surface area contributed by atoms with Crippen LogP contribution in [0.2, 0.25) is 0 Å². The van der Waals surface area contributed by atoms with Gasteiger partial charge in [0, 0.05) is 6.54 Å². The molecule has 0 aromatic heterocycles. The van der Waals surface area contributed by atoms with Crippen molar-refractivity contribution in [3.8, 4) is 0 Å². The number of carbonyl (C=O) groups is 5. The van der Waals surface area contributed by atoms with Crippen molar-refractivity contribution in [3.63, 3.8) is 0 Å². The zero-order chi connectivity index (χ0) is 31.8. The predicted octanol–water partition coefficient (Wildman–Crippen LogP) is 3.38. The molecule has 0 bridgehead atoms. The number of hydrogen-bond donors (Lipinski definition) is 4. The van der Waals surface area contributed by atoms with Gasteiger partial charge in [0.25, 0.3) is 11.8 Å². The molecule has 4 amide bonds. The summed E-state index contributed by atoms with van der Waals surface area (Å²) in [6.45, 7) is 9.52. The molecule has 0 spiro atoms. The van der Waals surface area contributed by atoms with Crippen LogP contribution in [0.3, 0.4) is 0 Å². The normalized spacial score (nSPS) is 13.9. The number of Topliss-reactive ketones (excluding diaryl/α,β-unsaturated/α-hetero) is 1. The van der Waals surface area contributed by atoms with E-state index in [2.05, 4.69) is 21.3 Å². The Morgan fingerprint density at radius 2 is 1.33 bits per heavy atom. The molecule has 0 aliphatic heterocycles. The summed E-state index contributed by atoms with van der Waals surface area (Å²) < 4.78 is 40.3. The average Bonchev–Trinajstić information content (AvgIpc) is 2.91. The van der Waals surface area contributed by atoms with Gasteiger partial charge in [-0.3, -0.25) is 24.0 Å². The van der Waals surface area contributed by atoms with E-state index < -0.39 is 76.2 Å². The van der Waals surface area contributed by atoms with Crippen molar-refractivity contribution in [2.24, 2.45) is 11.3 Å². The van der Waals surface area contributed by atoms with E-state index in [0.29, 0.717) is 0 Å². The quantitative estimate of drug-likeness (QED) is 0.298.